The van der Waals surface area contributed by atoms with Gasteiger partial charge in [0.15, 0.2) is 11.2 Å². The average Bonchev–Trinajstić information content (AvgIpc) is 3.17. The second-order valence-electron chi connectivity index (χ2n) is 8.32. The van der Waals surface area contributed by atoms with Gasteiger partial charge in [-0.25, -0.2) is 4.79 Å². The number of aromatic nitrogens is 4. The maximum absolute atomic E-state index is 13.5. The first-order valence-corrected chi connectivity index (χ1v) is 11.9. The van der Waals surface area contributed by atoms with E-state index < -0.39 is 11.2 Å². The highest BCUT2D eigenvalue weighted by Gasteiger charge is 2.23. The molecule has 35 heavy (non-hydrogen) atoms. The lowest BCUT2D eigenvalue weighted by atomic mass is 10.0. The van der Waals surface area contributed by atoms with Crippen molar-refractivity contribution in [2.45, 2.75) is 46.8 Å². The quantitative estimate of drug-likeness (QED) is 0.317. The highest BCUT2D eigenvalue weighted by Crippen LogP contribution is 2.25. The van der Waals surface area contributed by atoms with Crippen molar-refractivity contribution >= 4 is 22.8 Å². The first-order valence-electron chi connectivity index (χ1n) is 11.5. The molecule has 3 aromatic rings. The maximum Gasteiger partial charge on any atom is 0.332 e. The van der Waals surface area contributed by atoms with Crippen LogP contribution in [0.25, 0.3) is 11.2 Å². The number of allylic oxidation sites excluding steroid dienone is 3. The summed E-state index contributed by atoms with van der Waals surface area (Å²) >= 11 is 6.06. The molecule has 0 saturated heterocycles. The number of nitrogens with zero attached hydrogens (tertiary/aromatic N) is 4. The lowest BCUT2D eigenvalue weighted by Gasteiger charge is -2.15. The summed E-state index contributed by atoms with van der Waals surface area (Å²) in [7, 11) is 0. The molecule has 3 rings (SSSR count). The second kappa shape index (κ2) is 11.4. The zero-order chi connectivity index (χ0) is 25.7. The monoisotopic (exact) mass is 498 g/mol. The molecule has 0 radical (unpaired) electrons. The molecule has 2 heterocycles. The fraction of sp³-hybridized carbons (Fsp3) is 0.346. The molecular weight excluding hydrogens is 468 g/mol. The van der Waals surface area contributed by atoms with Crippen molar-refractivity contribution in [3.8, 4) is 6.01 Å². The van der Waals surface area contributed by atoms with Crippen molar-refractivity contribution in [3.05, 3.63) is 92.3 Å². The summed E-state index contributed by atoms with van der Waals surface area (Å²) in [5.41, 5.74) is 1.21. The lowest BCUT2D eigenvalue weighted by molar-refractivity contribution is 0.277. The standard InChI is InChI=1S/C26H31ClN4O4/c1-6-20(17(4)5)21(7-2)35-25-28-23-22(31(25)16-18-10-12-19(27)13-11-18)24(33)30(14-9-15-32)26(34)29(23)8-3/h6-7,10-13,17,32H,1-2,8-9,14-16H2,3-5H3/b21-20-. The van der Waals surface area contributed by atoms with Gasteiger partial charge in [0.05, 0.1) is 6.54 Å². The summed E-state index contributed by atoms with van der Waals surface area (Å²) in [6.45, 7) is 14.1. The number of imidazole rings is 1. The Hall–Kier alpha value is -3.36. The van der Waals surface area contributed by atoms with E-state index in [1.54, 1.807) is 28.9 Å². The number of hydrogen-bond donors (Lipinski definition) is 1. The van der Waals surface area contributed by atoms with E-state index in [-0.39, 0.29) is 49.2 Å². The fourth-order valence-electron chi connectivity index (χ4n) is 3.92. The van der Waals surface area contributed by atoms with Crippen LogP contribution >= 0.6 is 11.6 Å². The third-order valence-electron chi connectivity index (χ3n) is 5.70. The van der Waals surface area contributed by atoms with Crippen LogP contribution in [0.15, 0.2) is 70.5 Å². The number of fused-ring (bicyclic) bond motifs is 1. The molecule has 0 atom stereocenters. The maximum atomic E-state index is 13.5. The largest absolute Gasteiger partial charge is 0.425 e. The number of aryl methyl sites for hydroxylation is 1. The molecule has 0 spiro atoms. The molecule has 0 fully saturated rings. The smallest absolute Gasteiger partial charge is 0.332 e. The van der Waals surface area contributed by atoms with Crippen molar-refractivity contribution in [1.29, 1.82) is 0 Å². The number of hydrogen-bond acceptors (Lipinski definition) is 5. The van der Waals surface area contributed by atoms with Crippen LogP contribution in [0.3, 0.4) is 0 Å². The van der Waals surface area contributed by atoms with Crippen LogP contribution in [0.1, 0.15) is 32.8 Å². The van der Waals surface area contributed by atoms with Crippen LogP contribution in [-0.2, 0) is 19.6 Å². The van der Waals surface area contributed by atoms with Gasteiger partial charge >= 0.3 is 11.7 Å². The van der Waals surface area contributed by atoms with Gasteiger partial charge in [0.2, 0.25) is 0 Å². The third-order valence-corrected chi connectivity index (χ3v) is 5.95. The second-order valence-corrected chi connectivity index (χ2v) is 8.76. The predicted molar refractivity (Wildman–Crippen MR) is 139 cm³/mol. The predicted octanol–water partition coefficient (Wildman–Crippen LogP) is 4.12. The van der Waals surface area contributed by atoms with E-state index in [0.717, 1.165) is 15.7 Å². The van der Waals surface area contributed by atoms with E-state index in [4.69, 9.17) is 16.3 Å². The highest BCUT2D eigenvalue weighted by molar-refractivity contribution is 6.30. The first-order chi connectivity index (χ1) is 16.8. The van der Waals surface area contributed by atoms with Crippen molar-refractivity contribution in [2.75, 3.05) is 6.61 Å². The zero-order valence-corrected chi connectivity index (χ0v) is 21.1. The molecule has 8 nitrogen and oxygen atoms in total. The molecule has 0 aliphatic heterocycles. The van der Waals surface area contributed by atoms with E-state index in [2.05, 4.69) is 18.1 Å². The average molecular weight is 499 g/mol. The van der Waals surface area contributed by atoms with Crippen LogP contribution in [0, 0.1) is 5.92 Å². The molecule has 1 aromatic carbocycles. The minimum absolute atomic E-state index is 0.0954. The summed E-state index contributed by atoms with van der Waals surface area (Å²) in [5, 5.41) is 9.87. The molecule has 0 amide bonds. The Morgan fingerprint density at radius 2 is 1.83 bits per heavy atom. The van der Waals surface area contributed by atoms with Gasteiger partial charge in [-0.1, -0.05) is 56.8 Å². The van der Waals surface area contributed by atoms with E-state index in [1.807, 2.05) is 32.9 Å². The summed E-state index contributed by atoms with van der Waals surface area (Å²) in [4.78, 5) is 31.2. The minimum atomic E-state index is -0.489. The lowest BCUT2D eigenvalue weighted by Crippen LogP contribution is -2.40. The molecule has 1 N–H and O–H groups in total. The summed E-state index contributed by atoms with van der Waals surface area (Å²) < 4.78 is 10.5. The SMILES string of the molecule is C=C/C(Oc1nc2c(c(=O)n(CCCO)c(=O)n2CC)n1Cc1ccc(Cl)cc1)=C(\C=C)C(C)C. The van der Waals surface area contributed by atoms with Gasteiger partial charge in [0.25, 0.3) is 5.56 Å². The zero-order valence-electron chi connectivity index (χ0n) is 20.3. The summed E-state index contributed by atoms with van der Waals surface area (Å²) in [6, 6.07) is 7.39. The van der Waals surface area contributed by atoms with Crippen LogP contribution in [0.5, 0.6) is 6.01 Å². The molecule has 0 unspecified atom stereocenters. The Bertz CT molecular complexity index is 1380. The third kappa shape index (κ3) is 5.33. The van der Waals surface area contributed by atoms with Gasteiger partial charge in [-0.05, 0) is 48.6 Å². The van der Waals surface area contributed by atoms with E-state index >= 15 is 0 Å². The van der Waals surface area contributed by atoms with E-state index in [9.17, 15) is 14.7 Å². The number of halogens is 1. The van der Waals surface area contributed by atoms with Crippen molar-refractivity contribution in [1.82, 2.24) is 18.7 Å². The van der Waals surface area contributed by atoms with Crippen LogP contribution in [0.4, 0.5) is 0 Å². The van der Waals surface area contributed by atoms with Gasteiger partial charge in [-0.2, -0.15) is 4.98 Å². The van der Waals surface area contributed by atoms with Gasteiger partial charge < -0.3 is 9.84 Å². The van der Waals surface area contributed by atoms with Crippen molar-refractivity contribution < 1.29 is 9.84 Å². The van der Waals surface area contributed by atoms with Crippen LogP contribution in [-0.4, -0.2) is 30.4 Å². The van der Waals surface area contributed by atoms with E-state index in [1.165, 1.54) is 4.57 Å². The Morgan fingerprint density at radius 3 is 2.37 bits per heavy atom. The molecule has 9 heteroatoms. The van der Waals surface area contributed by atoms with Gasteiger partial charge in [0.1, 0.15) is 5.76 Å². The molecular formula is C26H31ClN4O4. The van der Waals surface area contributed by atoms with Gasteiger partial charge in [0, 0.05) is 24.7 Å². The number of aliphatic hydroxyl groups excluding tert-OH is 1. The van der Waals surface area contributed by atoms with Crippen molar-refractivity contribution in [3.63, 3.8) is 0 Å². The number of rotatable bonds is 11. The Balaban J connectivity index is 2.35. The number of ether oxygens (including phenoxy) is 1. The molecule has 0 aliphatic rings. The number of aliphatic hydroxyl groups is 1. The normalized spacial score (nSPS) is 12.2. The topological polar surface area (TPSA) is 91.3 Å². The van der Waals surface area contributed by atoms with Gasteiger partial charge in [-0.3, -0.25) is 18.5 Å². The fourth-order valence-corrected chi connectivity index (χ4v) is 4.04. The molecule has 0 saturated carbocycles. The van der Waals surface area contributed by atoms with Crippen molar-refractivity contribution in [2.24, 2.45) is 5.92 Å². The van der Waals surface area contributed by atoms with Gasteiger partial charge in [-0.15, -0.1) is 0 Å². The Labute approximate surface area is 209 Å². The minimum Gasteiger partial charge on any atom is -0.425 e. The Morgan fingerprint density at radius 1 is 1.14 bits per heavy atom. The highest BCUT2D eigenvalue weighted by atomic mass is 35.5. The summed E-state index contributed by atoms with van der Waals surface area (Å²) in [6.07, 6.45) is 3.56. The first kappa shape index (κ1) is 26.2. The van der Waals surface area contributed by atoms with Crippen LogP contribution < -0.4 is 16.0 Å². The Kier molecular flexibility index (Phi) is 8.53. The molecule has 2 aromatic heterocycles. The molecule has 0 bridgehead atoms. The van der Waals surface area contributed by atoms with E-state index in [0.29, 0.717) is 17.3 Å². The van der Waals surface area contributed by atoms with Crippen LogP contribution in [0.2, 0.25) is 5.02 Å². The molecule has 186 valence electrons. The number of benzene rings is 1. The molecule has 0 aliphatic carbocycles. The summed E-state index contributed by atoms with van der Waals surface area (Å²) in [5.74, 6) is 0.577.